The third-order valence-corrected chi connectivity index (χ3v) is 2.95. The number of hydrogen-bond acceptors (Lipinski definition) is 5. The number of nitrogens with one attached hydrogen (secondary N) is 1. The monoisotopic (exact) mass is 230 g/mol. The van der Waals surface area contributed by atoms with Gasteiger partial charge in [0.05, 0.1) is 5.69 Å². The Morgan fingerprint density at radius 2 is 2.33 bits per heavy atom. The van der Waals surface area contributed by atoms with Crippen LogP contribution in [0.2, 0.25) is 0 Å². The molecule has 2 N–H and O–H groups in total. The maximum atomic E-state index is 10.7. The number of thioether (sulfide) groups is 1. The lowest BCUT2D eigenvalue weighted by Gasteiger charge is -2.08. The number of nitrogens with zero attached hydrogens (tertiary/aromatic N) is 1. The first-order valence-electron chi connectivity index (χ1n) is 4.51. The first-order chi connectivity index (χ1) is 7.04. The minimum atomic E-state index is -0.870. The fourth-order valence-corrected chi connectivity index (χ4v) is 1.94. The lowest BCUT2D eigenvalue weighted by atomic mass is 10.3. The standard InChI is InChI=1S/C9H14N2O3S/c1-5-6(2)14-9(11-5)15-4-7(10-3)8(12)13/h7,10H,4H2,1-3H3,(H,12,13). The maximum absolute atomic E-state index is 10.7. The van der Waals surface area contributed by atoms with Gasteiger partial charge in [0.2, 0.25) is 0 Å². The average molecular weight is 230 g/mol. The minimum absolute atomic E-state index is 0.394. The van der Waals surface area contributed by atoms with Gasteiger partial charge in [0.15, 0.2) is 0 Å². The summed E-state index contributed by atoms with van der Waals surface area (Å²) in [6, 6.07) is -0.581. The molecule has 0 bridgehead atoms. The molecule has 15 heavy (non-hydrogen) atoms. The zero-order chi connectivity index (χ0) is 11.4. The second-order valence-electron chi connectivity index (χ2n) is 3.11. The summed E-state index contributed by atoms with van der Waals surface area (Å²) < 4.78 is 5.32. The molecule has 0 spiro atoms. The molecule has 0 fully saturated rings. The van der Waals surface area contributed by atoms with Crippen LogP contribution in [0.5, 0.6) is 0 Å². The second-order valence-corrected chi connectivity index (χ2v) is 4.08. The first kappa shape index (κ1) is 12.1. The van der Waals surface area contributed by atoms with Crippen LogP contribution < -0.4 is 5.32 Å². The number of carboxylic acids is 1. The predicted molar refractivity (Wildman–Crippen MR) is 57.2 cm³/mol. The fraction of sp³-hybridized carbons (Fsp3) is 0.556. The molecule has 1 rings (SSSR count). The quantitative estimate of drug-likeness (QED) is 0.737. The van der Waals surface area contributed by atoms with Gasteiger partial charge in [-0.2, -0.15) is 0 Å². The molecule has 1 unspecified atom stereocenters. The SMILES string of the molecule is CNC(CSc1nc(C)c(C)o1)C(=O)O. The van der Waals surface area contributed by atoms with Crippen molar-refractivity contribution in [3.05, 3.63) is 11.5 Å². The number of oxazole rings is 1. The molecule has 0 saturated carbocycles. The molecule has 5 nitrogen and oxygen atoms in total. The molecule has 0 radical (unpaired) electrons. The maximum Gasteiger partial charge on any atom is 0.321 e. The molecular weight excluding hydrogens is 216 g/mol. The van der Waals surface area contributed by atoms with E-state index in [9.17, 15) is 4.79 Å². The van der Waals surface area contributed by atoms with Crippen molar-refractivity contribution in [2.45, 2.75) is 25.1 Å². The zero-order valence-corrected chi connectivity index (χ0v) is 9.72. The summed E-state index contributed by atoms with van der Waals surface area (Å²) in [4.78, 5) is 14.8. The van der Waals surface area contributed by atoms with E-state index in [2.05, 4.69) is 10.3 Å². The van der Waals surface area contributed by atoms with Crippen LogP contribution in [0.3, 0.4) is 0 Å². The lowest BCUT2D eigenvalue weighted by Crippen LogP contribution is -2.35. The van der Waals surface area contributed by atoms with Gasteiger partial charge in [0, 0.05) is 5.75 Å². The summed E-state index contributed by atoms with van der Waals surface area (Å²) >= 11 is 1.30. The van der Waals surface area contributed by atoms with Crippen molar-refractivity contribution in [2.24, 2.45) is 0 Å². The van der Waals surface area contributed by atoms with Crippen molar-refractivity contribution in [3.63, 3.8) is 0 Å². The molecule has 0 aliphatic carbocycles. The molecule has 1 aromatic rings. The highest BCUT2D eigenvalue weighted by molar-refractivity contribution is 7.99. The van der Waals surface area contributed by atoms with E-state index in [0.29, 0.717) is 11.0 Å². The van der Waals surface area contributed by atoms with Crippen LogP contribution >= 0.6 is 11.8 Å². The Morgan fingerprint density at radius 1 is 1.67 bits per heavy atom. The summed E-state index contributed by atoms with van der Waals surface area (Å²) in [6.07, 6.45) is 0. The van der Waals surface area contributed by atoms with E-state index in [0.717, 1.165) is 11.5 Å². The average Bonchev–Trinajstić information content (AvgIpc) is 2.47. The summed E-state index contributed by atoms with van der Waals surface area (Å²) in [7, 11) is 1.62. The van der Waals surface area contributed by atoms with Crippen molar-refractivity contribution in [1.29, 1.82) is 0 Å². The van der Waals surface area contributed by atoms with E-state index in [1.54, 1.807) is 7.05 Å². The van der Waals surface area contributed by atoms with Crippen LogP contribution in [0.1, 0.15) is 11.5 Å². The van der Waals surface area contributed by atoms with Crippen LogP contribution in [0, 0.1) is 13.8 Å². The Labute approximate surface area is 92.3 Å². The molecule has 1 aromatic heterocycles. The van der Waals surface area contributed by atoms with Crippen molar-refractivity contribution >= 4 is 17.7 Å². The minimum Gasteiger partial charge on any atom is -0.480 e. The van der Waals surface area contributed by atoms with Gasteiger partial charge in [0.25, 0.3) is 5.22 Å². The van der Waals surface area contributed by atoms with Crippen LogP contribution in [0.4, 0.5) is 0 Å². The van der Waals surface area contributed by atoms with E-state index in [1.807, 2.05) is 13.8 Å². The van der Waals surface area contributed by atoms with E-state index in [1.165, 1.54) is 11.8 Å². The predicted octanol–water partition coefficient (Wildman–Crippen LogP) is 1.06. The summed E-state index contributed by atoms with van der Waals surface area (Å²) in [6.45, 7) is 3.69. The van der Waals surface area contributed by atoms with Gasteiger partial charge in [-0.15, -0.1) is 0 Å². The molecule has 0 amide bonds. The van der Waals surface area contributed by atoms with Crippen LogP contribution in [-0.4, -0.2) is 34.9 Å². The highest BCUT2D eigenvalue weighted by Gasteiger charge is 2.16. The summed E-state index contributed by atoms with van der Waals surface area (Å²) in [5.41, 5.74) is 0.842. The zero-order valence-electron chi connectivity index (χ0n) is 8.90. The highest BCUT2D eigenvalue weighted by atomic mass is 32.2. The van der Waals surface area contributed by atoms with E-state index in [4.69, 9.17) is 9.52 Å². The largest absolute Gasteiger partial charge is 0.480 e. The van der Waals surface area contributed by atoms with Crippen molar-refractivity contribution in [3.8, 4) is 0 Å². The molecule has 0 aromatic carbocycles. The molecule has 0 aliphatic heterocycles. The molecule has 84 valence electrons. The van der Waals surface area contributed by atoms with Crippen LogP contribution in [0.25, 0.3) is 0 Å². The molecule has 1 atom stereocenters. The molecular formula is C9H14N2O3S. The summed E-state index contributed by atoms with van der Waals surface area (Å²) in [5.74, 6) is 0.296. The molecule has 0 aliphatic rings. The van der Waals surface area contributed by atoms with Gasteiger partial charge in [-0.3, -0.25) is 4.79 Å². The van der Waals surface area contributed by atoms with Gasteiger partial charge < -0.3 is 14.8 Å². The molecule has 1 heterocycles. The number of carbonyl (C=O) groups is 1. The smallest absolute Gasteiger partial charge is 0.321 e. The van der Waals surface area contributed by atoms with E-state index < -0.39 is 12.0 Å². The number of rotatable bonds is 5. The summed E-state index contributed by atoms with van der Waals surface area (Å²) in [5, 5.41) is 12.0. The number of hydrogen-bond donors (Lipinski definition) is 2. The normalized spacial score (nSPS) is 12.7. The second kappa shape index (κ2) is 5.18. The number of aromatic nitrogens is 1. The van der Waals surface area contributed by atoms with Gasteiger partial charge in [-0.25, -0.2) is 4.98 Å². The Morgan fingerprint density at radius 3 is 2.73 bits per heavy atom. The number of likely N-dealkylation sites (N-methyl/N-ethyl adjacent to an activating group) is 1. The van der Waals surface area contributed by atoms with Gasteiger partial charge in [-0.05, 0) is 20.9 Å². The number of carboxylic acid groups (broad SMARTS) is 1. The van der Waals surface area contributed by atoms with E-state index in [-0.39, 0.29) is 0 Å². The molecule has 0 saturated heterocycles. The Bertz CT molecular complexity index is 332. The molecule has 6 heteroatoms. The van der Waals surface area contributed by atoms with Gasteiger partial charge >= 0.3 is 5.97 Å². The number of aryl methyl sites for hydroxylation is 2. The van der Waals surface area contributed by atoms with Crippen molar-refractivity contribution in [2.75, 3.05) is 12.8 Å². The Kier molecular flexibility index (Phi) is 4.16. The lowest BCUT2D eigenvalue weighted by molar-refractivity contribution is -0.138. The van der Waals surface area contributed by atoms with Gasteiger partial charge in [-0.1, -0.05) is 11.8 Å². The van der Waals surface area contributed by atoms with E-state index >= 15 is 0 Å². The Balaban J connectivity index is 2.52. The third-order valence-electron chi connectivity index (χ3n) is 2.03. The highest BCUT2D eigenvalue weighted by Crippen LogP contribution is 2.20. The van der Waals surface area contributed by atoms with Crippen LogP contribution in [-0.2, 0) is 4.79 Å². The van der Waals surface area contributed by atoms with Gasteiger partial charge in [0.1, 0.15) is 11.8 Å². The third kappa shape index (κ3) is 3.24. The first-order valence-corrected chi connectivity index (χ1v) is 5.50. The number of aliphatic carboxylic acids is 1. The van der Waals surface area contributed by atoms with Crippen molar-refractivity contribution < 1.29 is 14.3 Å². The van der Waals surface area contributed by atoms with Crippen LogP contribution in [0.15, 0.2) is 9.64 Å². The topological polar surface area (TPSA) is 75.4 Å². The van der Waals surface area contributed by atoms with Crippen molar-refractivity contribution in [1.82, 2.24) is 10.3 Å². The fourth-order valence-electron chi connectivity index (χ4n) is 0.938. The Hall–Kier alpha value is -1.01.